The van der Waals surface area contributed by atoms with E-state index in [-0.39, 0.29) is 18.4 Å². The molecule has 0 aromatic heterocycles. The van der Waals surface area contributed by atoms with Crippen molar-refractivity contribution in [2.45, 2.75) is 20.4 Å². The van der Waals surface area contributed by atoms with Crippen molar-refractivity contribution >= 4 is 29.1 Å². The van der Waals surface area contributed by atoms with Gasteiger partial charge < -0.3 is 15.0 Å². The molecule has 0 aliphatic heterocycles. The van der Waals surface area contributed by atoms with Crippen molar-refractivity contribution in [3.63, 3.8) is 0 Å². The van der Waals surface area contributed by atoms with Crippen LogP contribution in [0.4, 0.5) is 5.69 Å². The van der Waals surface area contributed by atoms with Crippen LogP contribution in [0.5, 0.6) is 5.75 Å². The topological polar surface area (TPSA) is 58.6 Å². The van der Waals surface area contributed by atoms with Crippen LogP contribution < -0.4 is 10.1 Å². The van der Waals surface area contributed by atoms with E-state index in [1.54, 1.807) is 18.2 Å². The van der Waals surface area contributed by atoms with Crippen molar-refractivity contribution in [1.29, 1.82) is 0 Å². The fourth-order valence-electron chi connectivity index (χ4n) is 2.33. The van der Waals surface area contributed by atoms with E-state index in [1.807, 2.05) is 31.2 Å². The largest absolute Gasteiger partial charge is 0.495 e. The number of carbonyl (C=O) groups excluding carboxylic acids is 2. The van der Waals surface area contributed by atoms with Gasteiger partial charge in [0.05, 0.1) is 12.8 Å². The number of nitrogens with zero attached hydrogens (tertiary/aromatic N) is 1. The smallest absolute Gasteiger partial charge is 0.244 e. The van der Waals surface area contributed by atoms with Crippen LogP contribution in [0.1, 0.15) is 18.1 Å². The van der Waals surface area contributed by atoms with Gasteiger partial charge >= 0.3 is 0 Å². The number of benzene rings is 2. The summed E-state index contributed by atoms with van der Waals surface area (Å²) in [5.41, 5.74) is 2.58. The van der Waals surface area contributed by atoms with Gasteiger partial charge in [0.25, 0.3) is 0 Å². The number of rotatable bonds is 6. The molecule has 0 fully saturated rings. The van der Waals surface area contributed by atoms with Gasteiger partial charge in [-0.2, -0.15) is 0 Å². The van der Waals surface area contributed by atoms with Gasteiger partial charge in [-0.25, -0.2) is 0 Å². The van der Waals surface area contributed by atoms with Crippen molar-refractivity contribution in [3.05, 3.63) is 58.6 Å². The fraction of sp³-hybridized carbons (Fsp3) is 0.263. The number of ether oxygens (including phenoxy) is 1. The Hall–Kier alpha value is -2.53. The maximum absolute atomic E-state index is 12.3. The van der Waals surface area contributed by atoms with E-state index >= 15 is 0 Å². The molecule has 132 valence electrons. The van der Waals surface area contributed by atoms with E-state index in [0.29, 0.717) is 23.0 Å². The maximum atomic E-state index is 12.3. The molecule has 2 amide bonds. The highest BCUT2D eigenvalue weighted by atomic mass is 35.5. The quantitative estimate of drug-likeness (QED) is 0.855. The molecule has 0 atom stereocenters. The molecule has 0 aliphatic carbocycles. The van der Waals surface area contributed by atoms with Crippen molar-refractivity contribution < 1.29 is 14.3 Å². The monoisotopic (exact) mass is 360 g/mol. The third-order valence-electron chi connectivity index (χ3n) is 3.71. The number of nitrogens with one attached hydrogen (secondary N) is 1. The summed E-state index contributed by atoms with van der Waals surface area (Å²) < 4.78 is 5.21. The zero-order chi connectivity index (χ0) is 18.4. The van der Waals surface area contributed by atoms with Gasteiger partial charge in [0, 0.05) is 18.5 Å². The van der Waals surface area contributed by atoms with Crippen LogP contribution in [0.3, 0.4) is 0 Å². The van der Waals surface area contributed by atoms with Crippen LogP contribution in [0, 0.1) is 6.92 Å². The zero-order valence-corrected chi connectivity index (χ0v) is 15.3. The van der Waals surface area contributed by atoms with Crippen LogP contribution in [0.15, 0.2) is 42.5 Å². The highest BCUT2D eigenvalue weighted by Crippen LogP contribution is 2.27. The number of aryl methyl sites for hydroxylation is 1. The Bertz CT molecular complexity index is 760. The molecule has 0 saturated carbocycles. The Labute approximate surface area is 152 Å². The molecule has 5 nitrogen and oxygen atoms in total. The van der Waals surface area contributed by atoms with Crippen LogP contribution >= 0.6 is 11.6 Å². The normalized spacial score (nSPS) is 10.2. The van der Waals surface area contributed by atoms with Gasteiger partial charge in [-0.05, 0) is 30.7 Å². The minimum Gasteiger partial charge on any atom is -0.495 e. The Morgan fingerprint density at radius 1 is 1.16 bits per heavy atom. The summed E-state index contributed by atoms with van der Waals surface area (Å²) in [6.07, 6.45) is 0. The summed E-state index contributed by atoms with van der Waals surface area (Å²) in [6, 6.07) is 12.8. The number of hydrogen-bond acceptors (Lipinski definition) is 3. The second-order valence-electron chi connectivity index (χ2n) is 5.75. The van der Waals surface area contributed by atoms with Gasteiger partial charge in [0.15, 0.2) is 0 Å². The summed E-state index contributed by atoms with van der Waals surface area (Å²) in [4.78, 5) is 25.7. The molecule has 0 saturated heterocycles. The number of anilines is 1. The predicted octanol–water partition coefficient (Wildman–Crippen LogP) is 3.64. The summed E-state index contributed by atoms with van der Waals surface area (Å²) in [5.74, 6) is 0.0160. The molecule has 0 bridgehead atoms. The molecule has 0 unspecified atom stereocenters. The van der Waals surface area contributed by atoms with E-state index in [2.05, 4.69) is 5.32 Å². The molecule has 6 heteroatoms. The van der Waals surface area contributed by atoms with Gasteiger partial charge in [0.2, 0.25) is 11.8 Å². The van der Waals surface area contributed by atoms with Crippen molar-refractivity contribution in [1.82, 2.24) is 4.90 Å². The maximum Gasteiger partial charge on any atom is 0.244 e. The number of amides is 2. The summed E-state index contributed by atoms with van der Waals surface area (Å²) in [5, 5.41) is 3.23. The first-order valence-electron chi connectivity index (χ1n) is 7.83. The van der Waals surface area contributed by atoms with E-state index in [0.717, 1.165) is 11.1 Å². The second-order valence-corrected chi connectivity index (χ2v) is 6.19. The first kappa shape index (κ1) is 18.8. The number of methoxy groups -OCH3 is 1. The number of hydrogen-bond donors (Lipinski definition) is 1. The first-order chi connectivity index (χ1) is 11.9. The van der Waals surface area contributed by atoms with E-state index in [1.165, 1.54) is 18.9 Å². The van der Waals surface area contributed by atoms with Gasteiger partial charge in [-0.15, -0.1) is 0 Å². The summed E-state index contributed by atoms with van der Waals surface area (Å²) >= 11 is 5.96. The number of carbonyl (C=O) groups is 2. The van der Waals surface area contributed by atoms with Crippen LogP contribution in [-0.4, -0.2) is 30.4 Å². The third-order valence-corrected chi connectivity index (χ3v) is 3.94. The van der Waals surface area contributed by atoms with Crippen LogP contribution in [0.2, 0.25) is 5.02 Å². The lowest BCUT2D eigenvalue weighted by atomic mass is 10.1. The average Bonchev–Trinajstić information content (AvgIpc) is 2.56. The van der Waals surface area contributed by atoms with Crippen LogP contribution in [-0.2, 0) is 16.1 Å². The minimum atomic E-state index is -0.317. The molecular formula is C19H21ClN2O3. The molecular weight excluding hydrogens is 340 g/mol. The van der Waals surface area contributed by atoms with Crippen molar-refractivity contribution in [2.75, 3.05) is 19.0 Å². The Balaban J connectivity index is 2.06. The van der Waals surface area contributed by atoms with Gasteiger partial charge in [0.1, 0.15) is 12.3 Å². The molecule has 1 N–H and O–H groups in total. The van der Waals surface area contributed by atoms with Crippen molar-refractivity contribution in [3.8, 4) is 5.75 Å². The van der Waals surface area contributed by atoms with Gasteiger partial charge in [-0.3, -0.25) is 9.59 Å². The summed E-state index contributed by atoms with van der Waals surface area (Å²) in [6.45, 7) is 3.76. The minimum absolute atomic E-state index is 0.0567. The van der Waals surface area contributed by atoms with E-state index < -0.39 is 0 Å². The zero-order valence-electron chi connectivity index (χ0n) is 14.5. The highest BCUT2D eigenvalue weighted by molar-refractivity contribution is 6.31. The molecule has 0 spiro atoms. The SMILES string of the molecule is COc1ccc(Cl)cc1NC(=O)CN(Cc1ccc(C)cc1)C(C)=O. The second kappa shape index (κ2) is 8.53. The van der Waals surface area contributed by atoms with E-state index in [9.17, 15) is 9.59 Å². The standard InChI is InChI=1S/C19H21ClN2O3/c1-13-4-6-15(7-5-13)11-22(14(2)23)12-19(24)21-17-10-16(20)8-9-18(17)25-3/h4-10H,11-12H2,1-3H3,(H,21,24). The molecule has 0 heterocycles. The average molecular weight is 361 g/mol. The van der Waals surface area contributed by atoms with Gasteiger partial charge in [-0.1, -0.05) is 41.4 Å². The first-order valence-corrected chi connectivity index (χ1v) is 8.21. The highest BCUT2D eigenvalue weighted by Gasteiger charge is 2.16. The predicted molar refractivity (Wildman–Crippen MR) is 98.9 cm³/mol. The summed E-state index contributed by atoms with van der Waals surface area (Å²) in [7, 11) is 1.51. The Morgan fingerprint density at radius 2 is 1.84 bits per heavy atom. The van der Waals surface area contributed by atoms with Crippen molar-refractivity contribution in [2.24, 2.45) is 0 Å². The molecule has 0 aliphatic rings. The molecule has 2 rings (SSSR count). The molecule has 25 heavy (non-hydrogen) atoms. The fourth-order valence-corrected chi connectivity index (χ4v) is 2.51. The third kappa shape index (κ3) is 5.50. The Morgan fingerprint density at radius 3 is 2.44 bits per heavy atom. The van der Waals surface area contributed by atoms with E-state index in [4.69, 9.17) is 16.3 Å². The molecule has 0 radical (unpaired) electrons. The molecule has 2 aromatic rings. The lowest BCUT2D eigenvalue weighted by Crippen LogP contribution is -2.36. The number of halogens is 1. The van der Waals surface area contributed by atoms with Crippen LogP contribution in [0.25, 0.3) is 0 Å². The Kier molecular flexibility index (Phi) is 6.42. The molecule has 2 aromatic carbocycles. The lowest BCUT2D eigenvalue weighted by Gasteiger charge is -2.21. The lowest BCUT2D eigenvalue weighted by molar-refractivity contribution is -0.133.